The number of carboxylic acids is 1. The lowest BCUT2D eigenvalue weighted by Gasteiger charge is -2.01. The van der Waals surface area contributed by atoms with Gasteiger partial charge >= 0.3 is 11.9 Å². The molecule has 0 saturated carbocycles. The maximum absolute atomic E-state index is 11.5. The molecular weight excluding hydrogens is 400 g/mol. The SMILES string of the molecule is CCOC(=O)c1cc2scnc2n1C.CCc1nc2c(cc(C(=O)O)n2C)s1. The van der Waals surface area contributed by atoms with Crippen LogP contribution in [0.15, 0.2) is 17.6 Å². The van der Waals surface area contributed by atoms with Gasteiger partial charge in [0.1, 0.15) is 11.4 Å². The van der Waals surface area contributed by atoms with Gasteiger partial charge in [0.2, 0.25) is 0 Å². The molecule has 0 unspecified atom stereocenters. The second kappa shape index (κ2) is 8.11. The lowest BCUT2D eigenvalue weighted by atomic mass is 10.4. The number of carboxylic acid groups (broad SMARTS) is 1. The first-order chi connectivity index (χ1) is 13.4. The number of aromatic carboxylic acids is 1. The molecule has 0 aliphatic heterocycles. The van der Waals surface area contributed by atoms with Crippen LogP contribution in [-0.2, 0) is 25.3 Å². The zero-order chi connectivity index (χ0) is 20.4. The molecular formula is C18H20N4O4S2. The predicted molar refractivity (Wildman–Crippen MR) is 109 cm³/mol. The lowest BCUT2D eigenvalue weighted by molar-refractivity contribution is 0.0515. The van der Waals surface area contributed by atoms with Crippen molar-refractivity contribution in [1.82, 2.24) is 19.1 Å². The third-order valence-corrected chi connectivity index (χ3v) is 6.05. The Labute approximate surface area is 169 Å². The molecule has 10 heteroatoms. The number of aryl methyl sites for hydroxylation is 3. The monoisotopic (exact) mass is 420 g/mol. The molecule has 8 nitrogen and oxygen atoms in total. The van der Waals surface area contributed by atoms with Gasteiger partial charge in [0.05, 0.1) is 26.5 Å². The third kappa shape index (κ3) is 3.65. The topological polar surface area (TPSA) is 99.2 Å². The van der Waals surface area contributed by atoms with E-state index >= 15 is 0 Å². The van der Waals surface area contributed by atoms with Gasteiger partial charge < -0.3 is 19.0 Å². The summed E-state index contributed by atoms with van der Waals surface area (Å²) >= 11 is 3.07. The fraction of sp³-hybridized carbons (Fsp3) is 0.333. The van der Waals surface area contributed by atoms with E-state index in [1.54, 1.807) is 46.0 Å². The Kier molecular flexibility index (Phi) is 5.80. The van der Waals surface area contributed by atoms with Gasteiger partial charge in [-0.25, -0.2) is 19.6 Å². The van der Waals surface area contributed by atoms with Crippen molar-refractivity contribution in [2.24, 2.45) is 14.1 Å². The molecule has 0 aliphatic carbocycles. The van der Waals surface area contributed by atoms with E-state index in [4.69, 9.17) is 9.84 Å². The molecule has 148 valence electrons. The predicted octanol–water partition coefficient (Wildman–Crippen LogP) is 3.71. The minimum atomic E-state index is -0.907. The minimum Gasteiger partial charge on any atom is -0.477 e. The van der Waals surface area contributed by atoms with E-state index in [2.05, 4.69) is 9.97 Å². The quantitative estimate of drug-likeness (QED) is 0.505. The van der Waals surface area contributed by atoms with Crippen LogP contribution in [0.3, 0.4) is 0 Å². The molecule has 4 aromatic rings. The number of thiazole rings is 2. The van der Waals surface area contributed by atoms with Gasteiger partial charge in [-0.15, -0.1) is 22.7 Å². The number of rotatable bonds is 4. The molecule has 0 bridgehead atoms. The van der Waals surface area contributed by atoms with Gasteiger partial charge in [-0.2, -0.15) is 0 Å². The normalized spacial score (nSPS) is 10.9. The third-order valence-electron chi connectivity index (χ3n) is 4.15. The van der Waals surface area contributed by atoms with Crippen molar-refractivity contribution in [3.05, 3.63) is 34.0 Å². The molecule has 28 heavy (non-hydrogen) atoms. The smallest absolute Gasteiger partial charge is 0.355 e. The fourth-order valence-electron chi connectivity index (χ4n) is 2.73. The summed E-state index contributed by atoms with van der Waals surface area (Å²) in [5.74, 6) is -1.20. The summed E-state index contributed by atoms with van der Waals surface area (Å²) in [7, 11) is 3.54. The van der Waals surface area contributed by atoms with Crippen molar-refractivity contribution < 1.29 is 19.4 Å². The average Bonchev–Trinajstić information content (AvgIpc) is 3.39. The van der Waals surface area contributed by atoms with Crippen molar-refractivity contribution in [3.8, 4) is 0 Å². The molecule has 4 rings (SSSR count). The molecule has 4 heterocycles. The van der Waals surface area contributed by atoms with Crippen molar-refractivity contribution >= 4 is 55.3 Å². The Hall–Kier alpha value is -2.72. The molecule has 4 aromatic heterocycles. The number of carbonyl (C=O) groups excluding carboxylic acids is 1. The van der Waals surface area contributed by atoms with Crippen LogP contribution < -0.4 is 0 Å². The van der Waals surface area contributed by atoms with E-state index in [1.165, 1.54) is 11.3 Å². The molecule has 0 radical (unpaired) electrons. The highest BCUT2D eigenvalue weighted by molar-refractivity contribution is 7.18. The van der Waals surface area contributed by atoms with Crippen LogP contribution in [0, 0.1) is 0 Å². The highest BCUT2D eigenvalue weighted by Gasteiger charge is 2.16. The van der Waals surface area contributed by atoms with Crippen LogP contribution in [0.2, 0.25) is 0 Å². The zero-order valence-corrected chi connectivity index (χ0v) is 17.6. The summed E-state index contributed by atoms with van der Waals surface area (Å²) in [6.45, 7) is 4.22. The summed E-state index contributed by atoms with van der Waals surface area (Å²) in [5, 5.41) is 9.91. The average molecular weight is 421 g/mol. The molecule has 0 atom stereocenters. The highest BCUT2D eigenvalue weighted by atomic mass is 32.1. The van der Waals surface area contributed by atoms with Gasteiger partial charge in [0.15, 0.2) is 11.3 Å². The number of aromatic nitrogens is 4. The Balaban J connectivity index is 0.000000161. The number of carbonyl (C=O) groups is 2. The second-order valence-corrected chi connectivity index (χ2v) is 7.89. The van der Waals surface area contributed by atoms with Crippen LogP contribution in [0.5, 0.6) is 0 Å². The van der Waals surface area contributed by atoms with E-state index < -0.39 is 5.97 Å². The summed E-state index contributed by atoms with van der Waals surface area (Å²) in [6, 6.07) is 3.49. The molecule has 0 fully saturated rings. The minimum absolute atomic E-state index is 0.291. The summed E-state index contributed by atoms with van der Waals surface area (Å²) in [4.78, 5) is 30.8. The Bertz CT molecular complexity index is 1150. The molecule has 1 N–H and O–H groups in total. The summed E-state index contributed by atoms with van der Waals surface area (Å²) < 4.78 is 10.3. The molecule has 0 saturated heterocycles. The highest BCUT2D eigenvalue weighted by Crippen LogP contribution is 2.25. The van der Waals surface area contributed by atoms with E-state index in [1.807, 2.05) is 20.0 Å². The van der Waals surface area contributed by atoms with Gasteiger partial charge in [-0.05, 0) is 25.5 Å². The number of hydrogen-bond donors (Lipinski definition) is 1. The Morgan fingerprint density at radius 1 is 1.11 bits per heavy atom. The first-order valence-electron chi connectivity index (χ1n) is 8.61. The van der Waals surface area contributed by atoms with E-state index in [-0.39, 0.29) is 5.97 Å². The first kappa shape index (κ1) is 20.0. The second-order valence-electron chi connectivity index (χ2n) is 5.89. The summed E-state index contributed by atoms with van der Waals surface area (Å²) in [6.07, 6.45) is 0.891. The van der Waals surface area contributed by atoms with Crippen molar-refractivity contribution in [2.45, 2.75) is 20.3 Å². The van der Waals surface area contributed by atoms with Gasteiger partial charge in [0, 0.05) is 14.1 Å². The first-order valence-corrected chi connectivity index (χ1v) is 10.3. The van der Waals surface area contributed by atoms with Crippen molar-refractivity contribution in [1.29, 1.82) is 0 Å². The number of fused-ring (bicyclic) bond motifs is 2. The number of esters is 1. The maximum atomic E-state index is 11.5. The standard InChI is InChI=1S/2C9H10N2O2S/c1-3-13-9(12)6-4-7-8(11(6)2)10-5-14-7;1-3-7-10-8-6(14-7)4-5(9(12)13)11(8)2/h4-5H,3H2,1-2H3;4H,3H2,1-2H3,(H,12,13). The zero-order valence-electron chi connectivity index (χ0n) is 15.9. The summed E-state index contributed by atoms with van der Waals surface area (Å²) in [5.41, 5.74) is 4.21. The van der Waals surface area contributed by atoms with Gasteiger partial charge in [-0.1, -0.05) is 6.92 Å². The van der Waals surface area contributed by atoms with E-state index in [0.29, 0.717) is 18.0 Å². The van der Waals surface area contributed by atoms with E-state index in [9.17, 15) is 9.59 Å². The van der Waals surface area contributed by atoms with Crippen LogP contribution in [0.25, 0.3) is 20.7 Å². The van der Waals surface area contributed by atoms with Crippen LogP contribution in [0.4, 0.5) is 0 Å². The molecule has 0 aromatic carbocycles. The number of ether oxygens (including phenoxy) is 1. The lowest BCUT2D eigenvalue weighted by Crippen LogP contribution is -2.09. The number of hydrogen-bond acceptors (Lipinski definition) is 7. The van der Waals surface area contributed by atoms with Gasteiger partial charge in [-0.3, -0.25) is 0 Å². The van der Waals surface area contributed by atoms with Crippen molar-refractivity contribution in [2.75, 3.05) is 6.61 Å². The van der Waals surface area contributed by atoms with E-state index in [0.717, 1.165) is 32.1 Å². The van der Waals surface area contributed by atoms with Crippen LogP contribution >= 0.6 is 22.7 Å². The fourth-order valence-corrected chi connectivity index (χ4v) is 4.45. The largest absolute Gasteiger partial charge is 0.477 e. The van der Waals surface area contributed by atoms with Gasteiger partial charge in [0.25, 0.3) is 0 Å². The molecule has 0 spiro atoms. The van der Waals surface area contributed by atoms with Crippen LogP contribution in [0.1, 0.15) is 39.8 Å². The Morgan fingerprint density at radius 2 is 1.79 bits per heavy atom. The van der Waals surface area contributed by atoms with Crippen LogP contribution in [-0.4, -0.2) is 42.8 Å². The molecule has 0 aliphatic rings. The maximum Gasteiger partial charge on any atom is 0.355 e. The van der Waals surface area contributed by atoms with Crippen molar-refractivity contribution in [3.63, 3.8) is 0 Å². The Morgan fingerprint density at radius 3 is 2.36 bits per heavy atom. The number of nitrogens with zero attached hydrogens (tertiary/aromatic N) is 4. The molecule has 0 amide bonds.